The molecule has 1 aliphatic carbocycles. The molecule has 2 heterocycles. The molecule has 1 fully saturated rings. The van der Waals surface area contributed by atoms with E-state index in [-0.39, 0.29) is 11.7 Å². The molecule has 0 saturated heterocycles. The van der Waals surface area contributed by atoms with E-state index in [2.05, 4.69) is 20.5 Å². The molecule has 148 valence electrons. The van der Waals surface area contributed by atoms with Crippen LogP contribution in [0.5, 0.6) is 5.75 Å². The number of carbonyl (C=O) groups excluding carboxylic acids is 1. The van der Waals surface area contributed by atoms with Crippen molar-refractivity contribution in [3.63, 3.8) is 0 Å². The van der Waals surface area contributed by atoms with E-state index < -0.39 is 0 Å². The molecule has 28 heavy (non-hydrogen) atoms. The first-order chi connectivity index (χ1) is 13.7. The van der Waals surface area contributed by atoms with Crippen LogP contribution in [-0.4, -0.2) is 33.4 Å². The van der Waals surface area contributed by atoms with Crippen LogP contribution in [0.15, 0.2) is 27.8 Å². The zero-order valence-electron chi connectivity index (χ0n) is 15.6. The van der Waals surface area contributed by atoms with Crippen molar-refractivity contribution in [3.8, 4) is 5.75 Å². The average Bonchev–Trinajstić information content (AvgIpc) is 3.33. The lowest BCUT2D eigenvalue weighted by molar-refractivity contribution is -0.113. The van der Waals surface area contributed by atoms with Gasteiger partial charge in [0.15, 0.2) is 5.13 Å². The third-order valence-corrected chi connectivity index (χ3v) is 6.37. The number of nitrogens with one attached hydrogen (secondary N) is 1. The van der Waals surface area contributed by atoms with Gasteiger partial charge in [0.1, 0.15) is 5.75 Å². The summed E-state index contributed by atoms with van der Waals surface area (Å²) in [5, 5.41) is 12.1. The lowest BCUT2D eigenvalue weighted by Crippen LogP contribution is -2.13. The van der Waals surface area contributed by atoms with Gasteiger partial charge in [-0.1, -0.05) is 42.4 Å². The number of carbonyl (C=O) groups is 1. The van der Waals surface area contributed by atoms with Gasteiger partial charge in [0.2, 0.25) is 11.8 Å². The van der Waals surface area contributed by atoms with E-state index >= 15 is 0 Å². The fourth-order valence-electron chi connectivity index (χ4n) is 3.29. The maximum atomic E-state index is 12.3. The Hall–Kier alpha value is -2.13. The molecule has 1 N–H and O–H groups in total. The first-order valence-corrected chi connectivity index (χ1v) is 11.3. The predicted octanol–water partition coefficient (Wildman–Crippen LogP) is 4.86. The van der Waals surface area contributed by atoms with Gasteiger partial charge < -0.3 is 14.5 Å². The molecular weight excluding hydrogens is 396 g/mol. The number of fused-ring (bicyclic) bond motifs is 1. The Labute approximate surface area is 171 Å². The molecule has 0 aliphatic heterocycles. The summed E-state index contributed by atoms with van der Waals surface area (Å²) in [4.78, 5) is 16.7. The highest BCUT2D eigenvalue weighted by molar-refractivity contribution is 7.99. The molecule has 4 rings (SSSR count). The number of thioether (sulfide) groups is 1. The molecule has 0 spiro atoms. The number of aromatic nitrogens is 3. The fraction of sp³-hybridized carbons (Fsp3) is 0.474. The molecular formula is C19H22N4O3S2. The minimum Gasteiger partial charge on any atom is -0.494 e. The number of amides is 1. The lowest BCUT2D eigenvalue weighted by Gasteiger charge is -2.17. The molecule has 0 radical (unpaired) electrons. The quantitative estimate of drug-likeness (QED) is 0.548. The third kappa shape index (κ3) is 4.64. The van der Waals surface area contributed by atoms with Gasteiger partial charge in [-0.25, -0.2) is 4.98 Å². The van der Waals surface area contributed by atoms with Gasteiger partial charge in [-0.15, -0.1) is 10.2 Å². The monoisotopic (exact) mass is 418 g/mol. The summed E-state index contributed by atoms with van der Waals surface area (Å²) in [5.41, 5.74) is 0.838. The van der Waals surface area contributed by atoms with Gasteiger partial charge >= 0.3 is 0 Å². The summed E-state index contributed by atoms with van der Waals surface area (Å²) in [5.74, 6) is 1.93. The number of benzene rings is 1. The Balaban J connectivity index is 1.32. The van der Waals surface area contributed by atoms with Crippen LogP contribution in [-0.2, 0) is 4.79 Å². The van der Waals surface area contributed by atoms with Gasteiger partial charge in [0, 0.05) is 5.92 Å². The number of ether oxygens (including phenoxy) is 1. The maximum Gasteiger partial charge on any atom is 0.277 e. The molecule has 0 atom stereocenters. The zero-order valence-corrected chi connectivity index (χ0v) is 17.3. The van der Waals surface area contributed by atoms with Crippen LogP contribution in [0.3, 0.4) is 0 Å². The van der Waals surface area contributed by atoms with Crippen molar-refractivity contribution in [3.05, 3.63) is 24.1 Å². The van der Waals surface area contributed by atoms with Crippen molar-refractivity contribution >= 4 is 44.4 Å². The van der Waals surface area contributed by atoms with Gasteiger partial charge in [-0.3, -0.25) is 4.79 Å². The van der Waals surface area contributed by atoms with Crippen LogP contribution < -0.4 is 10.1 Å². The van der Waals surface area contributed by atoms with Crippen LogP contribution >= 0.6 is 23.1 Å². The van der Waals surface area contributed by atoms with Gasteiger partial charge in [-0.05, 0) is 38.0 Å². The first kappa shape index (κ1) is 19.2. The summed E-state index contributed by atoms with van der Waals surface area (Å²) in [6, 6.07) is 5.71. The van der Waals surface area contributed by atoms with E-state index in [1.165, 1.54) is 42.4 Å². The normalized spacial score (nSPS) is 15.0. The minimum absolute atomic E-state index is 0.147. The van der Waals surface area contributed by atoms with E-state index in [4.69, 9.17) is 9.15 Å². The molecule has 1 amide bonds. The van der Waals surface area contributed by atoms with Crippen molar-refractivity contribution in [2.75, 3.05) is 17.7 Å². The van der Waals surface area contributed by atoms with Gasteiger partial charge in [-0.2, -0.15) is 0 Å². The number of nitrogens with zero attached hydrogens (tertiary/aromatic N) is 3. The van der Waals surface area contributed by atoms with Crippen molar-refractivity contribution in [2.24, 2.45) is 0 Å². The maximum absolute atomic E-state index is 12.3. The molecule has 9 heteroatoms. The highest BCUT2D eigenvalue weighted by Gasteiger charge is 2.21. The van der Waals surface area contributed by atoms with Crippen LogP contribution in [0.1, 0.15) is 50.8 Å². The highest BCUT2D eigenvalue weighted by Crippen LogP contribution is 2.33. The summed E-state index contributed by atoms with van der Waals surface area (Å²) in [7, 11) is 0. The third-order valence-electron chi connectivity index (χ3n) is 4.62. The zero-order chi connectivity index (χ0) is 19.3. The largest absolute Gasteiger partial charge is 0.494 e. The highest BCUT2D eigenvalue weighted by atomic mass is 32.2. The summed E-state index contributed by atoms with van der Waals surface area (Å²) in [6.07, 6.45) is 5.92. The molecule has 1 aliphatic rings. The topological polar surface area (TPSA) is 90.1 Å². The Morgan fingerprint density at radius 2 is 2.18 bits per heavy atom. The van der Waals surface area contributed by atoms with Gasteiger partial charge in [0.05, 0.1) is 22.6 Å². The Bertz CT molecular complexity index is 950. The van der Waals surface area contributed by atoms with E-state index in [1.54, 1.807) is 0 Å². The molecule has 0 bridgehead atoms. The molecule has 1 saturated carbocycles. The number of hydrogen-bond acceptors (Lipinski definition) is 8. The standard InChI is InChI=1S/C19H22N4O3S2/c1-2-25-13-8-9-14-15(10-13)28-18(20-14)21-16(24)11-27-19-23-22-17(26-19)12-6-4-3-5-7-12/h8-10,12H,2-7,11H2,1H3,(H,20,21,24). The van der Waals surface area contributed by atoms with Crippen LogP contribution in [0, 0.1) is 0 Å². The number of hydrogen-bond donors (Lipinski definition) is 1. The minimum atomic E-state index is -0.147. The Kier molecular flexibility index (Phi) is 6.11. The molecule has 3 aromatic rings. The smallest absolute Gasteiger partial charge is 0.277 e. The summed E-state index contributed by atoms with van der Waals surface area (Å²) in [6.45, 7) is 2.56. The molecule has 2 aromatic heterocycles. The van der Waals surface area contributed by atoms with Crippen molar-refractivity contribution < 1.29 is 13.9 Å². The van der Waals surface area contributed by atoms with Crippen LogP contribution in [0.4, 0.5) is 5.13 Å². The number of anilines is 1. The average molecular weight is 419 g/mol. The molecule has 7 nitrogen and oxygen atoms in total. The van der Waals surface area contributed by atoms with Gasteiger partial charge in [0.25, 0.3) is 5.22 Å². The van der Waals surface area contributed by atoms with E-state index in [0.717, 1.165) is 28.8 Å². The SMILES string of the molecule is CCOc1ccc2nc(NC(=O)CSc3nnc(C4CCCCC4)o3)sc2c1. The lowest BCUT2D eigenvalue weighted by atomic mass is 9.89. The predicted molar refractivity (Wildman–Crippen MR) is 110 cm³/mol. The second-order valence-electron chi connectivity index (χ2n) is 6.66. The second kappa shape index (κ2) is 8.91. The number of rotatable bonds is 7. The Morgan fingerprint density at radius 1 is 1.32 bits per heavy atom. The van der Waals surface area contributed by atoms with E-state index in [9.17, 15) is 4.79 Å². The van der Waals surface area contributed by atoms with Crippen molar-refractivity contribution in [1.29, 1.82) is 0 Å². The van der Waals surface area contributed by atoms with Crippen LogP contribution in [0.25, 0.3) is 10.2 Å². The first-order valence-electron chi connectivity index (χ1n) is 9.50. The van der Waals surface area contributed by atoms with E-state index in [0.29, 0.717) is 28.8 Å². The fourth-order valence-corrected chi connectivity index (χ4v) is 4.77. The molecule has 0 unspecified atom stereocenters. The summed E-state index contributed by atoms with van der Waals surface area (Å²) < 4.78 is 12.2. The Morgan fingerprint density at radius 3 is 3.00 bits per heavy atom. The summed E-state index contributed by atoms with van der Waals surface area (Å²) >= 11 is 2.68. The van der Waals surface area contributed by atoms with Crippen LogP contribution in [0.2, 0.25) is 0 Å². The molecule has 1 aromatic carbocycles. The van der Waals surface area contributed by atoms with E-state index in [1.807, 2.05) is 25.1 Å². The number of thiazole rings is 1. The van der Waals surface area contributed by atoms with Crippen molar-refractivity contribution in [1.82, 2.24) is 15.2 Å². The second-order valence-corrected chi connectivity index (χ2v) is 8.62. The van der Waals surface area contributed by atoms with Crippen molar-refractivity contribution in [2.45, 2.75) is 50.2 Å².